The van der Waals surface area contributed by atoms with E-state index in [1.165, 1.54) is 13.2 Å². The molecule has 1 aliphatic heterocycles. The van der Waals surface area contributed by atoms with Gasteiger partial charge in [0.15, 0.2) is 5.78 Å². The molecule has 0 spiro atoms. The van der Waals surface area contributed by atoms with Crippen LogP contribution in [0, 0.1) is 0 Å². The van der Waals surface area contributed by atoms with E-state index < -0.39 is 5.97 Å². The normalized spacial score (nSPS) is 13.7. The number of anilines is 1. The third-order valence-corrected chi connectivity index (χ3v) is 3.19. The summed E-state index contributed by atoms with van der Waals surface area (Å²) in [6.07, 6.45) is 2.56. The van der Waals surface area contributed by atoms with Crippen LogP contribution in [0.25, 0.3) is 0 Å². The SMILES string of the molecule is CCN1C(=O)Cc2cc(C(=O)/C=C/C(=O)OC)ccc21. The molecule has 1 heterocycles. The van der Waals surface area contributed by atoms with Gasteiger partial charge in [-0.1, -0.05) is 0 Å². The van der Waals surface area contributed by atoms with Gasteiger partial charge in [0.1, 0.15) is 0 Å². The van der Waals surface area contributed by atoms with Crippen LogP contribution in [0.15, 0.2) is 30.4 Å². The zero-order chi connectivity index (χ0) is 14.7. The summed E-state index contributed by atoms with van der Waals surface area (Å²) >= 11 is 0. The van der Waals surface area contributed by atoms with Crippen LogP contribution in [0.2, 0.25) is 0 Å². The van der Waals surface area contributed by atoms with Crippen LogP contribution in [0.1, 0.15) is 22.8 Å². The number of allylic oxidation sites excluding steroid dienone is 1. The molecular formula is C15H15NO4. The van der Waals surface area contributed by atoms with Gasteiger partial charge in [-0.25, -0.2) is 4.79 Å². The van der Waals surface area contributed by atoms with Crippen LogP contribution in [0.5, 0.6) is 0 Å². The number of benzene rings is 1. The van der Waals surface area contributed by atoms with Gasteiger partial charge in [-0.3, -0.25) is 9.59 Å². The molecule has 0 bridgehead atoms. The van der Waals surface area contributed by atoms with Crippen molar-refractivity contribution in [3.05, 3.63) is 41.5 Å². The Morgan fingerprint density at radius 2 is 2.10 bits per heavy atom. The molecule has 5 heteroatoms. The van der Waals surface area contributed by atoms with Crippen molar-refractivity contribution in [1.82, 2.24) is 0 Å². The Bertz CT molecular complexity index is 604. The molecule has 0 radical (unpaired) electrons. The number of esters is 1. The van der Waals surface area contributed by atoms with Crippen molar-refractivity contribution < 1.29 is 19.1 Å². The van der Waals surface area contributed by atoms with Crippen molar-refractivity contribution in [2.75, 3.05) is 18.6 Å². The van der Waals surface area contributed by atoms with Crippen LogP contribution in [-0.4, -0.2) is 31.3 Å². The third kappa shape index (κ3) is 2.61. The smallest absolute Gasteiger partial charge is 0.330 e. The maximum absolute atomic E-state index is 11.9. The molecule has 0 aromatic heterocycles. The molecule has 5 nitrogen and oxygen atoms in total. The molecule has 0 aliphatic carbocycles. The number of methoxy groups -OCH3 is 1. The predicted octanol–water partition coefficient (Wildman–Crippen LogP) is 1.51. The number of carbonyl (C=O) groups excluding carboxylic acids is 3. The fraction of sp³-hybridized carbons (Fsp3) is 0.267. The molecule has 0 saturated carbocycles. The lowest BCUT2D eigenvalue weighted by Gasteiger charge is -2.14. The first-order chi connectivity index (χ1) is 9.56. The first-order valence-electron chi connectivity index (χ1n) is 6.30. The van der Waals surface area contributed by atoms with Crippen molar-refractivity contribution in [3.63, 3.8) is 0 Å². The molecule has 1 aromatic carbocycles. The second kappa shape index (κ2) is 5.69. The van der Waals surface area contributed by atoms with E-state index in [1.807, 2.05) is 6.92 Å². The van der Waals surface area contributed by atoms with Crippen LogP contribution in [0.3, 0.4) is 0 Å². The monoisotopic (exact) mass is 273 g/mol. The number of ketones is 1. The van der Waals surface area contributed by atoms with Crippen LogP contribution in [-0.2, 0) is 20.7 Å². The Morgan fingerprint density at radius 3 is 2.75 bits per heavy atom. The van der Waals surface area contributed by atoms with E-state index in [4.69, 9.17) is 0 Å². The number of fused-ring (bicyclic) bond motifs is 1. The Balaban J connectivity index is 2.23. The maximum Gasteiger partial charge on any atom is 0.330 e. The highest BCUT2D eigenvalue weighted by molar-refractivity contribution is 6.08. The van der Waals surface area contributed by atoms with Crippen molar-refractivity contribution in [2.24, 2.45) is 0 Å². The minimum atomic E-state index is -0.577. The number of carbonyl (C=O) groups is 3. The van der Waals surface area contributed by atoms with E-state index in [-0.39, 0.29) is 11.7 Å². The van der Waals surface area contributed by atoms with E-state index >= 15 is 0 Å². The average Bonchev–Trinajstić information content (AvgIpc) is 2.78. The molecule has 20 heavy (non-hydrogen) atoms. The van der Waals surface area contributed by atoms with Gasteiger partial charge in [0.05, 0.1) is 13.5 Å². The molecule has 0 unspecified atom stereocenters. The van der Waals surface area contributed by atoms with Gasteiger partial charge in [-0.15, -0.1) is 0 Å². The van der Waals surface area contributed by atoms with E-state index in [1.54, 1.807) is 23.1 Å². The first kappa shape index (κ1) is 14.0. The van der Waals surface area contributed by atoms with E-state index in [2.05, 4.69) is 4.74 Å². The number of hydrogen-bond acceptors (Lipinski definition) is 4. The number of likely N-dealkylation sites (N-methyl/N-ethyl adjacent to an activating group) is 1. The standard InChI is InChI=1S/C15H15NO4/c1-3-16-12-5-4-10(8-11(12)9-14(16)18)13(17)6-7-15(19)20-2/h4-8H,3,9H2,1-2H3/b7-6+. The van der Waals surface area contributed by atoms with Crippen LogP contribution in [0.4, 0.5) is 5.69 Å². The topological polar surface area (TPSA) is 63.7 Å². The summed E-state index contributed by atoms with van der Waals surface area (Å²) in [4.78, 5) is 36.3. The average molecular weight is 273 g/mol. The van der Waals surface area contributed by atoms with Gasteiger partial charge in [0, 0.05) is 23.9 Å². The van der Waals surface area contributed by atoms with Gasteiger partial charge in [-0.2, -0.15) is 0 Å². The van der Waals surface area contributed by atoms with E-state index in [0.29, 0.717) is 18.5 Å². The quantitative estimate of drug-likeness (QED) is 0.474. The molecule has 1 amide bonds. The summed E-state index contributed by atoms with van der Waals surface area (Å²) in [5.41, 5.74) is 2.15. The van der Waals surface area contributed by atoms with Gasteiger partial charge in [0.2, 0.25) is 5.91 Å². The summed E-state index contributed by atoms with van der Waals surface area (Å²) in [7, 11) is 1.25. The van der Waals surface area contributed by atoms with Crippen molar-refractivity contribution in [3.8, 4) is 0 Å². The second-order valence-corrected chi connectivity index (χ2v) is 4.38. The highest BCUT2D eigenvalue weighted by Crippen LogP contribution is 2.29. The molecule has 0 saturated heterocycles. The minimum absolute atomic E-state index is 0.0391. The lowest BCUT2D eigenvalue weighted by Crippen LogP contribution is -2.25. The third-order valence-electron chi connectivity index (χ3n) is 3.19. The molecule has 1 aliphatic rings. The molecule has 2 rings (SSSR count). The summed E-state index contributed by atoms with van der Waals surface area (Å²) in [6, 6.07) is 5.12. The molecule has 0 N–H and O–H groups in total. The molecule has 1 aromatic rings. The molecule has 0 atom stereocenters. The van der Waals surface area contributed by atoms with Gasteiger partial charge in [-0.05, 0) is 36.8 Å². The van der Waals surface area contributed by atoms with Gasteiger partial charge in [0.25, 0.3) is 0 Å². The number of nitrogens with zero attached hydrogens (tertiary/aromatic N) is 1. The first-order valence-corrected chi connectivity index (χ1v) is 6.30. The summed E-state index contributed by atoms with van der Waals surface area (Å²) in [6.45, 7) is 2.52. The van der Waals surface area contributed by atoms with Crippen molar-refractivity contribution >= 4 is 23.3 Å². The summed E-state index contributed by atoms with van der Waals surface area (Å²) in [5, 5.41) is 0. The fourth-order valence-electron chi connectivity index (χ4n) is 2.19. The second-order valence-electron chi connectivity index (χ2n) is 4.38. The number of amides is 1. The van der Waals surface area contributed by atoms with Crippen molar-refractivity contribution in [1.29, 1.82) is 0 Å². The zero-order valence-electron chi connectivity index (χ0n) is 11.4. The molecule has 0 fully saturated rings. The largest absolute Gasteiger partial charge is 0.466 e. The van der Waals surface area contributed by atoms with Gasteiger partial charge < -0.3 is 9.64 Å². The Hall–Kier alpha value is -2.43. The lowest BCUT2D eigenvalue weighted by molar-refractivity contribution is -0.134. The highest BCUT2D eigenvalue weighted by atomic mass is 16.5. The van der Waals surface area contributed by atoms with Crippen LogP contribution < -0.4 is 4.90 Å². The Kier molecular flexibility index (Phi) is 3.98. The summed E-state index contributed by atoms with van der Waals surface area (Å²) in [5.74, 6) is -0.829. The predicted molar refractivity (Wildman–Crippen MR) is 73.7 cm³/mol. The number of rotatable bonds is 4. The minimum Gasteiger partial charge on any atom is -0.466 e. The molecule has 104 valence electrons. The summed E-state index contributed by atoms with van der Waals surface area (Å²) < 4.78 is 4.42. The fourth-order valence-corrected chi connectivity index (χ4v) is 2.19. The van der Waals surface area contributed by atoms with Crippen LogP contribution >= 0.6 is 0 Å². The van der Waals surface area contributed by atoms with Gasteiger partial charge >= 0.3 is 5.97 Å². The van der Waals surface area contributed by atoms with E-state index in [0.717, 1.165) is 17.3 Å². The zero-order valence-corrected chi connectivity index (χ0v) is 11.4. The number of hydrogen-bond donors (Lipinski definition) is 0. The Labute approximate surface area is 116 Å². The highest BCUT2D eigenvalue weighted by Gasteiger charge is 2.26. The molecular weight excluding hydrogens is 258 g/mol. The van der Waals surface area contributed by atoms with Crippen molar-refractivity contribution in [2.45, 2.75) is 13.3 Å². The van der Waals surface area contributed by atoms with E-state index in [9.17, 15) is 14.4 Å². The Morgan fingerprint density at radius 1 is 1.35 bits per heavy atom. The maximum atomic E-state index is 11.9. The number of ether oxygens (including phenoxy) is 1. The lowest BCUT2D eigenvalue weighted by atomic mass is 10.0.